The van der Waals surface area contributed by atoms with Gasteiger partial charge in [0.1, 0.15) is 16.6 Å². The number of fused-ring (bicyclic) bond motifs is 1. The van der Waals surface area contributed by atoms with E-state index in [-0.39, 0.29) is 10.9 Å². The second-order valence-electron chi connectivity index (χ2n) is 9.94. The number of sulfonamides is 1. The summed E-state index contributed by atoms with van der Waals surface area (Å²) >= 11 is 0. The molecule has 2 aliphatic carbocycles. The predicted octanol–water partition coefficient (Wildman–Crippen LogP) is 4.65. The van der Waals surface area contributed by atoms with Crippen molar-refractivity contribution in [3.63, 3.8) is 0 Å². The summed E-state index contributed by atoms with van der Waals surface area (Å²) in [4.78, 5) is 9.38. The van der Waals surface area contributed by atoms with Crippen molar-refractivity contribution in [3.05, 3.63) is 41.7 Å². The van der Waals surface area contributed by atoms with Gasteiger partial charge < -0.3 is 4.57 Å². The summed E-state index contributed by atoms with van der Waals surface area (Å²) in [6.07, 6.45) is 8.88. The topological polar surface area (TPSA) is 101 Å². The van der Waals surface area contributed by atoms with Crippen LogP contribution in [0.5, 0.6) is 0 Å². The summed E-state index contributed by atoms with van der Waals surface area (Å²) in [5.41, 5.74) is 3.31. The van der Waals surface area contributed by atoms with E-state index in [0.29, 0.717) is 17.2 Å². The van der Waals surface area contributed by atoms with Crippen molar-refractivity contribution in [2.24, 2.45) is 0 Å². The molecule has 0 aliphatic heterocycles. The van der Waals surface area contributed by atoms with Crippen molar-refractivity contribution in [1.29, 1.82) is 5.26 Å². The number of aromatic nitrogens is 3. The number of pyridine rings is 2. The van der Waals surface area contributed by atoms with Gasteiger partial charge in [0.15, 0.2) is 0 Å². The molecule has 0 saturated heterocycles. The Morgan fingerprint density at radius 2 is 1.88 bits per heavy atom. The fraction of sp³-hybridized carbons (Fsp3) is 0.458. The van der Waals surface area contributed by atoms with Crippen molar-refractivity contribution in [2.75, 3.05) is 0 Å². The van der Waals surface area contributed by atoms with E-state index < -0.39 is 15.6 Å². The lowest BCUT2D eigenvalue weighted by atomic mass is 9.92. The van der Waals surface area contributed by atoms with Crippen LogP contribution in [-0.4, -0.2) is 28.5 Å². The SMILES string of the molecule is CC(C)(C)NS(=O)(=O)c1ccc(-c2c(C#N)c3cc(C4CC4)cnc3n2C2CCC2)nc1. The zero-order valence-corrected chi connectivity index (χ0v) is 19.4. The Balaban J connectivity index is 1.64. The number of hydrogen-bond donors (Lipinski definition) is 1. The minimum absolute atomic E-state index is 0.107. The van der Waals surface area contributed by atoms with Gasteiger partial charge in [0.05, 0.1) is 17.0 Å². The number of rotatable bonds is 5. The van der Waals surface area contributed by atoms with E-state index in [0.717, 1.165) is 36.0 Å². The van der Waals surface area contributed by atoms with Gasteiger partial charge in [0, 0.05) is 29.4 Å². The summed E-state index contributed by atoms with van der Waals surface area (Å²) in [6.45, 7) is 5.39. The molecular formula is C24H27N5O2S. The highest BCUT2D eigenvalue weighted by molar-refractivity contribution is 7.89. The van der Waals surface area contributed by atoms with Crippen LogP contribution in [0.4, 0.5) is 0 Å². The molecule has 2 aliphatic rings. The third-order valence-electron chi connectivity index (χ3n) is 6.19. The quantitative estimate of drug-likeness (QED) is 0.611. The van der Waals surface area contributed by atoms with Gasteiger partial charge >= 0.3 is 0 Å². The van der Waals surface area contributed by atoms with Crippen LogP contribution in [0, 0.1) is 11.3 Å². The first-order valence-corrected chi connectivity index (χ1v) is 12.6. The third kappa shape index (κ3) is 3.70. The van der Waals surface area contributed by atoms with Crippen LogP contribution in [0.2, 0.25) is 0 Å². The van der Waals surface area contributed by atoms with Gasteiger partial charge in [0.2, 0.25) is 10.0 Å². The second-order valence-corrected chi connectivity index (χ2v) is 11.6. The van der Waals surface area contributed by atoms with Gasteiger partial charge in [-0.1, -0.05) is 0 Å². The van der Waals surface area contributed by atoms with Crippen LogP contribution in [-0.2, 0) is 10.0 Å². The molecule has 8 heteroatoms. The maximum Gasteiger partial charge on any atom is 0.242 e. The minimum Gasteiger partial charge on any atom is -0.320 e. The lowest BCUT2D eigenvalue weighted by molar-refractivity contribution is 0.322. The second kappa shape index (κ2) is 7.39. The maximum absolute atomic E-state index is 12.7. The Morgan fingerprint density at radius 3 is 2.41 bits per heavy atom. The lowest BCUT2D eigenvalue weighted by Gasteiger charge is -2.29. The Hall–Kier alpha value is -2.76. The molecule has 3 heterocycles. The first-order valence-electron chi connectivity index (χ1n) is 11.1. The molecule has 0 unspecified atom stereocenters. The molecule has 7 nitrogen and oxygen atoms in total. The van der Waals surface area contributed by atoms with Crippen LogP contribution in [0.1, 0.15) is 76.0 Å². The van der Waals surface area contributed by atoms with E-state index in [2.05, 4.69) is 26.4 Å². The molecule has 3 aromatic rings. The average Bonchev–Trinajstić information content (AvgIpc) is 3.48. The largest absolute Gasteiger partial charge is 0.320 e. The summed E-state index contributed by atoms with van der Waals surface area (Å²) in [5.74, 6) is 0.548. The smallest absolute Gasteiger partial charge is 0.242 e. The molecule has 32 heavy (non-hydrogen) atoms. The van der Waals surface area contributed by atoms with Gasteiger partial charge in [-0.25, -0.2) is 18.1 Å². The van der Waals surface area contributed by atoms with Crippen LogP contribution < -0.4 is 4.72 Å². The molecule has 1 N–H and O–H groups in total. The number of nitrogens with one attached hydrogen (secondary N) is 1. The van der Waals surface area contributed by atoms with Crippen molar-refractivity contribution >= 4 is 21.1 Å². The molecule has 0 bridgehead atoms. The van der Waals surface area contributed by atoms with Gasteiger partial charge in [-0.3, -0.25) is 4.98 Å². The van der Waals surface area contributed by atoms with Crippen LogP contribution in [0.15, 0.2) is 35.5 Å². The van der Waals surface area contributed by atoms with E-state index in [1.165, 1.54) is 24.6 Å². The summed E-state index contributed by atoms with van der Waals surface area (Å²) in [5, 5.41) is 11.0. The number of nitrogens with zero attached hydrogens (tertiary/aromatic N) is 4. The van der Waals surface area contributed by atoms with Crippen LogP contribution in [0.25, 0.3) is 22.4 Å². The molecular weight excluding hydrogens is 422 g/mol. The Labute approximate surface area is 188 Å². The van der Waals surface area contributed by atoms with Gasteiger partial charge in [0.25, 0.3) is 0 Å². The summed E-state index contributed by atoms with van der Waals surface area (Å²) in [6, 6.07) is 8.04. The Bertz CT molecular complexity index is 1340. The van der Waals surface area contributed by atoms with E-state index in [1.54, 1.807) is 32.9 Å². The molecule has 5 rings (SSSR count). The summed E-state index contributed by atoms with van der Waals surface area (Å²) < 4.78 is 30.2. The highest BCUT2D eigenvalue weighted by Gasteiger charge is 2.31. The Kier molecular flexibility index (Phi) is 4.88. The van der Waals surface area contributed by atoms with Crippen molar-refractivity contribution < 1.29 is 8.42 Å². The standard InChI is InChI=1S/C24H27N5O2S/c1-24(2,3)28-32(30,31)18-9-10-21(26-14-18)22-20(12-25)19-11-16(15-7-8-15)13-27-23(19)29(22)17-5-4-6-17/h9-11,13-15,17,28H,4-8H2,1-3H3. The molecule has 166 valence electrons. The van der Waals surface area contributed by atoms with Crippen LogP contribution in [0.3, 0.4) is 0 Å². The van der Waals surface area contributed by atoms with Gasteiger partial charge in [-0.05, 0) is 82.6 Å². The van der Waals surface area contributed by atoms with Gasteiger partial charge in [-0.2, -0.15) is 5.26 Å². The summed E-state index contributed by atoms with van der Waals surface area (Å²) in [7, 11) is -3.68. The molecule has 3 aromatic heterocycles. The van der Waals surface area contributed by atoms with Gasteiger partial charge in [-0.15, -0.1) is 0 Å². The predicted molar refractivity (Wildman–Crippen MR) is 123 cm³/mol. The maximum atomic E-state index is 12.7. The fourth-order valence-corrected chi connectivity index (χ4v) is 5.71. The molecule has 0 spiro atoms. The van der Waals surface area contributed by atoms with E-state index in [9.17, 15) is 13.7 Å². The van der Waals surface area contributed by atoms with Crippen molar-refractivity contribution in [2.45, 2.75) is 75.3 Å². The number of hydrogen-bond acceptors (Lipinski definition) is 5. The molecule has 2 saturated carbocycles. The first-order chi connectivity index (χ1) is 15.2. The highest BCUT2D eigenvalue weighted by Crippen LogP contribution is 2.44. The molecule has 0 aromatic carbocycles. The minimum atomic E-state index is -3.68. The van der Waals surface area contributed by atoms with E-state index in [4.69, 9.17) is 4.98 Å². The number of nitriles is 1. The molecule has 0 atom stereocenters. The average molecular weight is 450 g/mol. The molecule has 0 amide bonds. The molecule has 0 radical (unpaired) electrons. The normalized spacial score (nSPS) is 17.3. The van der Waals surface area contributed by atoms with E-state index >= 15 is 0 Å². The third-order valence-corrected chi connectivity index (χ3v) is 7.94. The first kappa shape index (κ1) is 21.1. The fourth-order valence-electron chi connectivity index (χ4n) is 4.35. The lowest BCUT2D eigenvalue weighted by Crippen LogP contribution is -2.40. The van der Waals surface area contributed by atoms with Crippen LogP contribution >= 0.6 is 0 Å². The monoisotopic (exact) mass is 449 g/mol. The highest BCUT2D eigenvalue weighted by atomic mass is 32.2. The zero-order chi connectivity index (χ0) is 22.7. The Morgan fingerprint density at radius 1 is 1.12 bits per heavy atom. The van der Waals surface area contributed by atoms with Crippen molar-refractivity contribution in [1.82, 2.24) is 19.3 Å². The van der Waals surface area contributed by atoms with E-state index in [1.807, 2.05) is 6.20 Å². The van der Waals surface area contributed by atoms with Crippen molar-refractivity contribution in [3.8, 4) is 17.5 Å². The molecule has 2 fully saturated rings. The zero-order valence-electron chi connectivity index (χ0n) is 18.6.